The summed E-state index contributed by atoms with van der Waals surface area (Å²) in [6.07, 6.45) is 0. The molecule has 6 nitrogen and oxygen atoms in total. The molecule has 0 atom stereocenters. The molecule has 0 unspecified atom stereocenters. The van der Waals surface area contributed by atoms with Gasteiger partial charge in [0.25, 0.3) is 5.91 Å². The molecule has 1 heterocycles. The Morgan fingerprint density at radius 2 is 1.84 bits per heavy atom. The minimum absolute atomic E-state index is 0.119. The van der Waals surface area contributed by atoms with Crippen LogP contribution < -0.4 is 10.2 Å². The molecule has 7 heteroatoms. The molecular formula is C18H15ClN2O4. The van der Waals surface area contributed by atoms with Crippen LogP contribution in [0.15, 0.2) is 65.2 Å². The number of nitrogens with one attached hydrogen (secondary N) is 1. The molecule has 128 valence electrons. The number of amides is 1. The first-order valence-corrected chi connectivity index (χ1v) is 7.93. The summed E-state index contributed by atoms with van der Waals surface area (Å²) in [4.78, 5) is 17.0. The predicted molar refractivity (Wildman–Crippen MR) is 92.3 cm³/mol. The third-order valence-electron chi connectivity index (χ3n) is 3.23. The van der Waals surface area contributed by atoms with Gasteiger partial charge in [0.1, 0.15) is 19.0 Å². The van der Waals surface area contributed by atoms with E-state index >= 15 is 0 Å². The van der Waals surface area contributed by atoms with Crippen LogP contribution in [0.1, 0.15) is 10.5 Å². The van der Waals surface area contributed by atoms with Crippen molar-refractivity contribution in [2.75, 3.05) is 13.2 Å². The average Bonchev–Trinajstić information content (AvgIpc) is 3.13. The highest BCUT2D eigenvalue weighted by Gasteiger charge is 2.13. The summed E-state index contributed by atoms with van der Waals surface area (Å²) in [6, 6.07) is 17.9. The van der Waals surface area contributed by atoms with Crippen LogP contribution >= 0.6 is 11.6 Å². The van der Waals surface area contributed by atoms with Crippen molar-refractivity contribution >= 4 is 17.5 Å². The molecule has 0 saturated carbocycles. The number of para-hydroxylation sites is 1. The van der Waals surface area contributed by atoms with Crippen molar-refractivity contribution in [2.24, 2.45) is 0 Å². The monoisotopic (exact) mass is 358 g/mol. The van der Waals surface area contributed by atoms with Gasteiger partial charge in [0.2, 0.25) is 0 Å². The van der Waals surface area contributed by atoms with Gasteiger partial charge in [-0.15, -0.1) is 0 Å². The minimum Gasteiger partial charge on any atom is -0.491 e. The van der Waals surface area contributed by atoms with Gasteiger partial charge >= 0.3 is 0 Å². The minimum atomic E-state index is -0.497. The Balaban J connectivity index is 1.45. The van der Waals surface area contributed by atoms with Crippen LogP contribution in [-0.4, -0.2) is 24.3 Å². The summed E-state index contributed by atoms with van der Waals surface area (Å²) in [7, 11) is 0. The van der Waals surface area contributed by atoms with Crippen LogP contribution in [0, 0.1) is 0 Å². The largest absolute Gasteiger partial charge is 0.491 e. The summed E-state index contributed by atoms with van der Waals surface area (Å²) in [5, 5.41) is 4.35. The van der Waals surface area contributed by atoms with Crippen LogP contribution in [0.5, 0.6) is 5.75 Å². The van der Waals surface area contributed by atoms with E-state index in [1.54, 1.807) is 24.3 Å². The van der Waals surface area contributed by atoms with Gasteiger partial charge in [0, 0.05) is 16.7 Å². The highest BCUT2D eigenvalue weighted by atomic mass is 35.5. The summed E-state index contributed by atoms with van der Waals surface area (Å²) >= 11 is 5.84. The normalized spacial score (nSPS) is 10.4. The number of hydrogen-bond acceptors (Lipinski definition) is 5. The molecule has 0 aliphatic carbocycles. The van der Waals surface area contributed by atoms with E-state index in [9.17, 15) is 4.79 Å². The number of ether oxygens (including phenoxy) is 1. The number of hydrogen-bond donors (Lipinski definition) is 1. The Morgan fingerprint density at radius 3 is 2.60 bits per heavy atom. The Hall–Kier alpha value is -2.83. The summed E-state index contributed by atoms with van der Waals surface area (Å²) < 4.78 is 10.6. The highest BCUT2D eigenvalue weighted by molar-refractivity contribution is 6.30. The fourth-order valence-corrected chi connectivity index (χ4v) is 2.15. The molecule has 25 heavy (non-hydrogen) atoms. The fraction of sp³-hybridized carbons (Fsp3) is 0.111. The second-order valence-corrected chi connectivity index (χ2v) is 5.46. The summed E-state index contributed by atoms with van der Waals surface area (Å²) in [5.41, 5.74) is 3.19. The maximum atomic E-state index is 12.0. The van der Waals surface area contributed by atoms with Crippen molar-refractivity contribution < 1.29 is 18.9 Å². The first kappa shape index (κ1) is 17.0. The lowest BCUT2D eigenvalue weighted by molar-refractivity contribution is 0.0194. The molecule has 3 aromatic rings. The smallest absolute Gasteiger partial charge is 0.297 e. The van der Waals surface area contributed by atoms with Gasteiger partial charge in [-0.3, -0.25) is 9.63 Å². The molecule has 0 spiro atoms. The zero-order valence-corrected chi connectivity index (χ0v) is 13.9. The SMILES string of the molecule is O=C(NOCCOc1ccccc1)c1cc(-c2ccc(Cl)cc2)on1. The molecule has 0 fully saturated rings. The highest BCUT2D eigenvalue weighted by Crippen LogP contribution is 2.22. The number of benzene rings is 2. The third-order valence-corrected chi connectivity index (χ3v) is 3.49. The second kappa shape index (κ2) is 8.32. The van der Waals surface area contributed by atoms with Gasteiger partial charge in [-0.25, -0.2) is 5.48 Å². The van der Waals surface area contributed by atoms with E-state index in [1.807, 2.05) is 30.3 Å². The van der Waals surface area contributed by atoms with Crippen molar-refractivity contribution in [1.82, 2.24) is 10.6 Å². The molecule has 0 aliphatic rings. The Labute approximate surface area is 149 Å². The molecule has 0 radical (unpaired) electrons. The Morgan fingerprint density at radius 1 is 1.08 bits per heavy atom. The number of aromatic nitrogens is 1. The molecule has 2 aromatic carbocycles. The zero-order chi connectivity index (χ0) is 17.5. The van der Waals surface area contributed by atoms with Gasteiger partial charge in [-0.1, -0.05) is 35.0 Å². The molecule has 0 bridgehead atoms. The van der Waals surface area contributed by atoms with Crippen molar-refractivity contribution in [3.05, 3.63) is 71.4 Å². The van der Waals surface area contributed by atoms with E-state index in [-0.39, 0.29) is 12.3 Å². The topological polar surface area (TPSA) is 73.6 Å². The summed E-state index contributed by atoms with van der Waals surface area (Å²) in [5.74, 6) is 0.708. The predicted octanol–water partition coefficient (Wildman–Crippen LogP) is 3.74. The molecular weight excluding hydrogens is 344 g/mol. The molecule has 1 N–H and O–H groups in total. The molecule has 1 amide bonds. The van der Waals surface area contributed by atoms with Crippen LogP contribution in [0.2, 0.25) is 5.02 Å². The fourth-order valence-electron chi connectivity index (χ4n) is 2.02. The molecule has 1 aromatic heterocycles. The van der Waals surface area contributed by atoms with Gasteiger partial charge in [0.15, 0.2) is 11.5 Å². The quantitative estimate of drug-likeness (QED) is 0.514. The maximum Gasteiger partial charge on any atom is 0.297 e. The van der Waals surface area contributed by atoms with E-state index < -0.39 is 5.91 Å². The summed E-state index contributed by atoms with van der Waals surface area (Å²) in [6.45, 7) is 0.502. The van der Waals surface area contributed by atoms with E-state index in [0.29, 0.717) is 17.4 Å². The number of carbonyl (C=O) groups excluding carboxylic acids is 1. The third kappa shape index (κ3) is 4.82. The van der Waals surface area contributed by atoms with Crippen molar-refractivity contribution in [3.63, 3.8) is 0 Å². The van der Waals surface area contributed by atoms with Crippen LogP contribution in [0.25, 0.3) is 11.3 Å². The number of hydroxylamine groups is 1. The van der Waals surface area contributed by atoms with Gasteiger partial charge < -0.3 is 9.26 Å². The lowest BCUT2D eigenvalue weighted by Crippen LogP contribution is -2.26. The molecule has 0 saturated heterocycles. The molecule has 0 aliphatic heterocycles. The number of halogens is 1. The van der Waals surface area contributed by atoms with E-state index in [1.165, 1.54) is 6.07 Å². The first-order chi connectivity index (χ1) is 12.2. The van der Waals surface area contributed by atoms with Crippen molar-refractivity contribution in [3.8, 4) is 17.1 Å². The average molecular weight is 359 g/mol. The number of carbonyl (C=O) groups is 1. The Kier molecular flexibility index (Phi) is 5.66. The van der Waals surface area contributed by atoms with E-state index in [2.05, 4.69) is 10.6 Å². The van der Waals surface area contributed by atoms with Crippen molar-refractivity contribution in [1.29, 1.82) is 0 Å². The van der Waals surface area contributed by atoms with E-state index in [0.717, 1.165) is 11.3 Å². The lowest BCUT2D eigenvalue weighted by Gasteiger charge is -2.06. The van der Waals surface area contributed by atoms with E-state index in [4.69, 9.17) is 25.7 Å². The van der Waals surface area contributed by atoms with Gasteiger partial charge in [-0.05, 0) is 36.4 Å². The van der Waals surface area contributed by atoms with Gasteiger partial charge in [-0.2, -0.15) is 0 Å². The number of rotatable bonds is 7. The molecule has 3 rings (SSSR count). The standard InChI is InChI=1S/C18H15ClN2O4/c19-14-8-6-13(7-9-14)17-12-16(20-25-17)18(22)21-24-11-10-23-15-4-2-1-3-5-15/h1-9,12H,10-11H2,(H,21,22). The first-order valence-electron chi connectivity index (χ1n) is 7.55. The Bertz CT molecular complexity index is 819. The second-order valence-electron chi connectivity index (χ2n) is 5.02. The van der Waals surface area contributed by atoms with Crippen LogP contribution in [0.4, 0.5) is 0 Å². The maximum absolute atomic E-state index is 12.0. The lowest BCUT2D eigenvalue weighted by atomic mass is 10.1. The van der Waals surface area contributed by atoms with Crippen molar-refractivity contribution in [2.45, 2.75) is 0 Å². The van der Waals surface area contributed by atoms with Crippen LogP contribution in [0.3, 0.4) is 0 Å². The van der Waals surface area contributed by atoms with Crippen LogP contribution in [-0.2, 0) is 4.84 Å². The number of nitrogens with zero attached hydrogens (tertiary/aromatic N) is 1. The zero-order valence-electron chi connectivity index (χ0n) is 13.1. The van der Waals surface area contributed by atoms with Gasteiger partial charge in [0.05, 0.1) is 0 Å².